The summed E-state index contributed by atoms with van der Waals surface area (Å²) in [4.78, 5) is 22.5. The Hall–Kier alpha value is -2.89. The van der Waals surface area contributed by atoms with Gasteiger partial charge >= 0.3 is 6.18 Å². The number of anilines is 2. The van der Waals surface area contributed by atoms with Crippen molar-refractivity contribution in [3.63, 3.8) is 0 Å². The van der Waals surface area contributed by atoms with Crippen molar-refractivity contribution in [2.45, 2.75) is 45.3 Å². The van der Waals surface area contributed by atoms with E-state index in [1.54, 1.807) is 13.0 Å². The van der Waals surface area contributed by atoms with Crippen molar-refractivity contribution in [1.82, 2.24) is 15.3 Å². The molecule has 0 aromatic carbocycles. The fourth-order valence-corrected chi connectivity index (χ4v) is 4.17. The molecule has 1 aliphatic heterocycles. The average molecular weight is 500 g/mol. The number of sulfonamides is 1. The van der Waals surface area contributed by atoms with E-state index in [4.69, 9.17) is 0 Å². The largest absolute Gasteiger partial charge is 0.433 e. The van der Waals surface area contributed by atoms with E-state index in [1.165, 1.54) is 18.3 Å². The van der Waals surface area contributed by atoms with E-state index in [0.29, 0.717) is 30.1 Å². The third-order valence-electron chi connectivity index (χ3n) is 5.75. The minimum absolute atomic E-state index is 0.0246. The number of hydrogen-bond acceptors (Lipinski definition) is 6. The lowest BCUT2D eigenvalue weighted by Gasteiger charge is -2.33. The van der Waals surface area contributed by atoms with E-state index >= 15 is 0 Å². The Morgan fingerprint density at radius 1 is 1.21 bits per heavy atom. The monoisotopic (exact) mass is 499 g/mol. The maximum atomic E-state index is 13.3. The molecule has 34 heavy (non-hydrogen) atoms. The molecule has 2 N–H and O–H groups in total. The van der Waals surface area contributed by atoms with E-state index in [9.17, 15) is 26.4 Å². The Balaban J connectivity index is 1.72. The summed E-state index contributed by atoms with van der Waals surface area (Å²) in [5.41, 5.74) is 0.111. The second-order valence-electron chi connectivity index (χ2n) is 8.64. The molecule has 1 unspecified atom stereocenters. The Morgan fingerprint density at radius 3 is 2.44 bits per heavy atom. The molecule has 8 nitrogen and oxygen atoms in total. The molecule has 2 aromatic rings. The van der Waals surface area contributed by atoms with Crippen molar-refractivity contribution in [3.05, 3.63) is 47.3 Å². The molecule has 3 rings (SSSR count). The number of aromatic nitrogens is 2. The SMILES string of the molecule is CC1CCN(c2nc(C(F)(F)F)ccc2CNC(=O)C(C)c2ccc(NS(C)(=O)=O)nc2)CC1. The molecule has 3 heterocycles. The van der Waals surface area contributed by atoms with Gasteiger partial charge in [0.2, 0.25) is 15.9 Å². The van der Waals surface area contributed by atoms with Gasteiger partial charge in [0.15, 0.2) is 0 Å². The van der Waals surface area contributed by atoms with Crippen LogP contribution in [0.3, 0.4) is 0 Å². The highest BCUT2D eigenvalue weighted by atomic mass is 32.2. The van der Waals surface area contributed by atoms with Crippen LogP contribution < -0.4 is 14.9 Å². The summed E-state index contributed by atoms with van der Waals surface area (Å²) in [6, 6.07) is 5.33. The molecule has 186 valence electrons. The second-order valence-corrected chi connectivity index (χ2v) is 10.4. The predicted octanol–water partition coefficient (Wildman–Crippen LogP) is 3.52. The number of alkyl halides is 3. The number of amides is 1. The van der Waals surface area contributed by atoms with Crippen LogP contribution >= 0.6 is 0 Å². The van der Waals surface area contributed by atoms with Gasteiger partial charge in [0.05, 0.1) is 12.2 Å². The summed E-state index contributed by atoms with van der Waals surface area (Å²) in [7, 11) is -3.47. The molecule has 1 aliphatic rings. The van der Waals surface area contributed by atoms with E-state index in [-0.39, 0.29) is 24.1 Å². The number of nitrogens with one attached hydrogen (secondary N) is 2. The van der Waals surface area contributed by atoms with Crippen molar-refractivity contribution in [1.29, 1.82) is 0 Å². The Bertz CT molecular complexity index is 1120. The molecule has 1 atom stereocenters. The topological polar surface area (TPSA) is 104 Å². The lowest BCUT2D eigenvalue weighted by molar-refractivity contribution is -0.141. The van der Waals surface area contributed by atoms with Gasteiger partial charge in [-0.3, -0.25) is 9.52 Å². The molecule has 2 aromatic heterocycles. The lowest BCUT2D eigenvalue weighted by atomic mass is 9.99. The van der Waals surface area contributed by atoms with Gasteiger partial charge in [-0.1, -0.05) is 19.1 Å². The third kappa shape index (κ3) is 6.81. The minimum atomic E-state index is -4.56. The van der Waals surface area contributed by atoms with Crippen LogP contribution in [-0.2, 0) is 27.5 Å². The van der Waals surface area contributed by atoms with Gasteiger partial charge < -0.3 is 10.2 Å². The summed E-state index contributed by atoms with van der Waals surface area (Å²) in [6.07, 6.45) is -0.430. The quantitative estimate of drug-likeness (QED) is 0.604. The third-order valence-corrected chi connectivity index (χ3v) is 6.33. The lowest BCUT2D eigenvalue weighted by Crippen LogP contribution is -2.35. The number of halogens is 3. The Morgan fingerprint density at radius 2 is 1.88 bits per heavy atom. The van der Waals surface area contributed by atoms with Crippen LogP contribution in [0, 0.1) is 5.92 Å². The highest BCUT2D eigenvalue weighted by Gasteiger charge is 2.34. The zero-order valence-corrected chi connectivity index (χ0v) is 20.0. The molecule has 1 saturated heterocycles. The van der Waals surface area contributed by atoms with Gasteiger partial charge in [0, 0.05) is 31.4 Å². The molecular weight excluding hydrogens is 471 g/mol. The number of carbonyl (C=O) groups is 1. The van der Waals surface area contributed by atoms with Crippen LogP contribution in [0.1, 0.15) is 49.4 Å². The summed E-state index contributed by atoms with van der Waals surface area (Å²) < 4.78 is 64.6. The average Bonchev–Trinajstić information content (AvgIpc) is 2.76. The van der Waals surface area contributed by atoms with Gasteiger partial charge in [-0.25, -0.2) is 18.4 Å². The zero-order chi connectivity index (χ0) is 25.1. The number of pyridine rings is 2. The summed E-state index contributed by atoms with van der Waals surface area (Å²) in [6.45, 7) is 5.00. The van der Waals surface area contributed by atoms with Crippen molar-refractivity contribution in [2.75, 3.05) is 29.0 Å². The van der Waals surface area contributed by atoms with Crippen LogP contribution in [0.4, 0.5) is 24.8 Å². The molecule has 0 bridgehead atoms. The smallest absolute Gasteiger partial charge is 0.356 e. The molecule has 1 amide bonds. The maximum absolute atomic E-state index is 13.3. The highest BCUT2D eigenvalue weighted by Crippen LogP contribution is 2.32. The van der Waals surface area contributed by atoms with Gasteiger partial charge in [0.1, 0.15) is 17.3 Å². The minimum Gasteiger partial charge on any atom is -0.356 e. The van der Waals surface area contributed by atoms with Gasteiger partial charge in [0.25, 0.3) is 0 Å². The maximum Gasteiger partial charge on any atom is 0.433 e. The first kappa shape index (κ1) is 25.7. The van der Waals surface area contributed by atoms with E-state index in [0.717, 1.165) is 25.2 Å². The van der Waals surface area contributed by atoms with E-state index in [1.807, 2.05) is 4.90 Å². The molecule has 12 heteroatoms. The first-order valence-corrected chi connectivity index (χ1v) is 12.8. The van der Waals surface area contributed by atoms with Crippen molar-refractivity contribution in [3.8, 4) is 0 Å². The molecular formula is C22H28F3N5O3S. The van der Waals surface area contributed by atoms with Crippen LogP contribution in [0.15, 0.2) is 30.5 Å². The fourth-order valence-electron chi connectivity index (χ4n) is 3.67. The summed E-state index contributed by atoms with van der Waals surface area (Å²) in [5.74, 6) is -0.0772. The standard InChI is InChI=1S/C22H28F3N5O3S/c1-14-8-10-30(11-9-14)20-17(4-6-18(28-20)22(23,24)25)13-27-21(31)15(2)16-5-7-19(26-12-16)29-34(3,32)33/h4-7,12,14-15H,8-11,13H2,1-3H3,(H,26,29)(H,27,31). The second kappa shape index (κ2) is 10.2. The highest BCUT2D eigenvalue weighted by molar-refractivity contribution is 7.92. The number of nitrogens with zero attached hydrogens (tertiary/aromatic N) is 3. The summed E-state index contributed by atoms with van der Waals surface area (Å²) in [5, 5.41) is 2.77. The van der Waals surface area contributed by atoms with Crippen LogP contribution in [0.2, 0.25) is 0 Å². The number of piperidine rings is 1. The fraction of sp³-hybridized carbons (Fsp3) is 0.500. The normalized spacial score (nSPS) is 16.2. The van der Waals surface area contributed by atoms with Gasteiger partial charge in [-0.15, -0.1) is 0 Å². The molecule has 0 radical (unpaired) electrons. The molecule has 0 aliphatic carbocycles. The Labute approximate surface area is 197 Å². The molecule has 0 spiro atoms. The number of hydrogen-bond donors (Lipinski definition) is 2. The van der Waals surface area contributed by atoms with Crippen LogP contribution in [-0.4, -0.2) is 43.6 Å². The van der Waals surface area contributed by atoms with Crippen molar-refractivity contribution >= 4 is 27.6 Å². The number of rotatable bonds is 7. The molecule has 0 saturated carbocycles. The van der Waals surface area contributed by atoms with Gasteiger partial charge in [-0.2, -0.15) is 13.2 Å². The first-order valence-electron chi connectivity index (χ1n) is 10.9. The molecule has 1 fully saturated rings. The zero-order valence-electron chi connectivity index (χ0n) is 19.2. The first-order chi connectivity index (χ1) is 15.8. The van der Waals surface area contributed by atoms with Crippen LogP contribution in [0.5, 0.6) is 0 Å². The Kier molecular flexibility index (Phi) is 7.69. The van der Waals surface area contributed by atoms with Crippen LogP contribution in [0.25, 0.3) is 0 Å². The predicted molar refractivity (Wildman–Crippen MR) is 123 cm³/mol. The van der Waals surface area contributed by atoms with Crippen molar-refractivity contribution < 1.29 is 26.4 Å². The summed E-state index contributed by atoms with van der Waals surface area (Å²) >= 11 is 0. The van der Waals surface area contributed by atoms with Crippen molar-refractivity contribution in [2.24, 2.45) is 5.92 Å². The number of carbonyl (C=O) groups excluding carboxylic acids is 1. The van der Waals surface area contributed by atoms with E-state index in [2.05, 4.69) is 26.9 Å². The van der Waals surface area contributed by atoms with Gasteiger partial charge in [-0.05, 0) is 43.4 Å². The van der Waals surface area contributed by atoms with E-state index < -0.39 is 27.8 Å².